The smallest absolute Gasteiger partial charge is 0.127 e. The van der Waals surface area contributed by atoms with E-state index in [-0.39, 0.29) is 6.10 Å². The van der Waals surface area contributed by atoms with Crippen LogP contribution in [0.3, 0.4) is 0 Å². The molecule has 0 aromatic heterocycles. The molecule has 0 heterocycles. The molecule has 1 atom stereocenters. The maximum absolute atomic E-state index is 5.84. The first-order valence-corrected chi connectivity index (χ1v) is 6.79. The lowest BCUT2D eigenvalue weighted by Crippen LogP contribution is -2.19. The zero-order chi connectivity index (χ0) is 13.7. The van der Waals surface area contributed by atoms with Gasteiger partial charge < -0.3 is 19.5 Å². The van der Waals surface area contributed by atoms with E-state index in [1.54, 1.807) is 14.2 Å². The Morgan fingerprint density at radius 3 is 2.74 bits per heavy atom. The van der Waals surface area contributed by atoms with Crippen molar-refractivity contribution in [1.29, 1.82) is 0 Å². The average Bonchev–Trinajstić information content (AvgIpc) is 3.26. The van der Waals surface area contributed by atoms with Crippen molar-refractivity contribution in [2.75, 3.05) is 20.8 Å². The van der Waals surface area contributed by atoms with Crippen LogP contribution in [0.4, 0.5) is 0 Å². The van der Waals surface area contributed by atoms with Crippen LogP contribution in [-0.4, -0.2) is 33.0 Å². The summed E-state index contributed by atoms with van der Waals surface area (Å²) in [5.74, 6) is 1.69. The zero-order valence-electron chi connectivity index (χ0n) is 11.9. The predicted molar refractivity (Wildman–Crippen MR) is 74.8 cm³/mol. The van der Waals surface area contributed by atoms with E-state index in [1.807, 2.05) is 19.1 Å². The fraction of sp³-hybridized carbons (Fsp3) is 0.600. The van der Waals surface area contributed by atoms with Crippen LogP contribution in [0.1, 0.15) is 25.3 Å². The van der Waals surface area contributed by atoms with E-state index in [2.05, 4.69) is 11.4 Å². The van der Waals surface area contributed by atoms with Gasteiger partial charge >= 0.3 is 0 Å². The molecule has 4 nitrogen and oxygen atoms in total. The van der Waals surface area contributed by atoms with Crippen LogP contribution in [-0.2, 0) is 11.3 Å². The van der Waals surface area contributed by atoms with E-state index in [4.69, 9.17) is 14.2 Å². The Morgan fingerprint density at radius 1 is 1.32 bits per heavy atom. The van der Waals surface area contributed by atoms with Crippen LogP contribution in [0.25, 0.3) is 0 Å². The van der Waals surface area contributed by atoms with Gasteiger partial charge in [0.2, 0.25) is 0 Å². The van der Waals surface area contributed by atoms with Crippen LogP contribution in [0.2, 0.25) is 0 Å². The Hall–Kier alpha value is -1.26. The van der Waals surface area contributed by atoms with Crippen LogP contribution < -0.4 is 14.8 Å². The predicted octanol–water partition coefficient (Wildman–Crippen LogP) is 2.36. The lowest BCUT2D eigenvalue weighted by Gasteiger charge is -2.16. The van der Waals surface area contributed by atoms with Crippen molar-refractivity contribution in [2.24, 2.45) is 0 Å². The first kappa shape index (κ1) is 14.2. The van der Waals surface area contributed by atoms with Crippen LogP contribution >= 0.6 is 0 Å². The molecular weight excluding hydrogens is 242 g/mol. The summed E-state index contributed by atoms with van der Waals surface area (Å²) in [5.41, 5.74) is 1.16. The highest BCUT2D eigenvalue weighted by molar-refractivity contribution is 5.40. The molecular formula is C15H23NO3. The molecule has 0 bridgehead atoms. The van der Waals surface area contributed by atoms with Crippen molar-refractivity contribution in [3.05, 3.63) is 23.8 Å². The standard InChI is InChI=1S/C15H23NO3/c1-11(17-2)10-19-15-8-14(18-3)7-4-12(15)9-16-13-5-6-13/h4,7-8,11,13,16H,5-6,9-10H2,1-3H3. The summed E-state index contributed by atoms with van der Waals surface area (Å²) in [5, 5.41) is 3.50. The third-order valence-corrected chi connectivity index (χ3v) is 3.31. The second-order valence-corrected chi connectivity index (χ2v) is 4.99. The third kappa shape index (κ3) is 4.40. The minimum atomic E-state index is 0.0791. The molecule has 0 amide bonds. The molecule has 0 saturated heterocycles. The number of rotatable bonds is 8. The van der Waals surface area contributed by atoms with E-state index < -0.39 is 0 Å². The van der Waals surface area contributed by atoms with Gasteiger partial charge in [-0.15, -0.1) is 0 Å². The van der Waals surface area contributed by atoms with E-state index in [0.717, 1.165) is 23.6 Å². The average molecular weight is 265 g/mol. The first-order chi connectivity index (χ1) is 9.22. The molecule has 1 aromatic rings. The molecule has 1 saturated carbocycles. The second-order valence-electron chi connectivity index (χ2n) is 4.99. The van der Waals surface area contributed by atoms with E-state index in [1.165, 1.54) is 12.8 Å². The van der Waals surface area contributed by atoms with Gasteiger partial charge in [-0.25, -0.2) is 0 Å². The molecule has 19 heavy (non-hydrogen) atoms. The van der Waals surface area contributed by atoms with Crippen molar-refractivity contribution in [3.8, 4) is 11.5 Å². The normalized spacial score (nSPS) is 16.2. The molecule has 0 spiro atoms. The number of nitrogens with one attached hydrogen (secondary N) is 1. The van der Waals surface area contributed by atoms with Gasteiger partial charge in [0.05, 0.1) is 13.2 Å². The molecule has 1 fully saturated rings. The fourth-order valence-corrected chi connectivity index (χ4v) is 1.76. The quantitative estimate of drug-likeness (QED) is 0.783. The molecule has 1 aromatic carbocycles. The van der Waals surface area contributed by atoms with Crippen molar-refractivity contribution < 1.29 is 14.2 Å². The highest BCUT2D eigenvalue weighted by Crippen LogP contribution is 2.26. The maximum Gasteiger partial charge on any atom is 0.127 e. The summed E-state index contributed by atoms with van der Waals surface area (Å²) in [6, 6.07) is 6.65. The Kier molecular flexibility index (Phi) is 5.05. The van der Waals surface area contributed by atoms with Gasteiger partial charge in [-0.1, -0.05) is 6.07 Å². The molecule has 0 aliphatic heterocycles. The summed E-state index contributed by atoms with van der Waals surface area (Å²) in [4.78, 5) is 0. The molecule has 1 N–H and O–H groups in total. The number of methoxy groups -OCH3 is 2. The Morgan fingerprint density at radius 2 is 2.11 bits per heavy atom. The highest BCUT2D eigenvalue weighted by atomic mass is 16.5. The molecule has 2 rings (SSSR count). The van der Waals surface area contributed by atoms with Crippen LogP contribution in [0, 0.1) is 0 Å². The Balaban J connectivity index is 2.01. The van der Waals surface area contributed by atoms with Gasteiger partial charge in [0, 0.05) is 31.3 Å². The maximum atomic E-state index is 5.84. The molecule has 106 valence electrons. The largest absolute Gasteiger partial charge is 0.497 e. The summed E-state index contributed by atoms with van der Waals surface area (Å²) in [6.45, 7) is 3.37. The van der Waals surface area contributed by atoms with Crippen molar-refractivity contribution in [2.45, 2.75) is 38.5 Å². The monoisotopic (exact) mass is 265 g/mol. The first-order valence-electron chi connectivity index (χ1n) is 6.79. The third-order valence-electron chi connectivity index (χ3n) is 3.31. The van der Waals surface area contributed by atoms with Gasteiger partial charge in [0.25, 0.3) is 0 Å². The van der Waals surface area contributed by atoms with Gasteiger partial charge in [-0.3, -0.25) is 0 Å². The van der Waals surface area contributed by atoms with Gasteiger partial charge in [0.1, 0.15) is 18.1 Å². The van der Waals surface area contributed by atoms with Gasteiger partial charge in [-0.2, -0.15) is 0 Å². The Labute approximate surface area is 115 Å². The summed E-state index contributed by atoms with van der Waals surface area (Å²) < 4.78 is 16.3. The lowest BCUT2D eigenvalue weighted by atomic mass is 10.2. The van der Waals surface area contributed by atoms with Gasteiger partial charge in [-0.05, 0) is 25.8 Å². The molecule has 1 unspecified atom stereocenters. The van der Waals surface area contributed by atoms with E-state index >= 15 is 0 Å². The van der Waals surface area contributed by atoms with Crippen molar-refractivity contribution in [3.63, 3.8) is 0 Å². The zero-order valence-corrected chi connectivity index (χ0v) is 11.9. The second kappa shape index (κ2) is 6.78. The van der Waals surface area contributed by atoms with E-state index in [0.29, 0.717) is 12.6 Å². The highest BCUT2D eigenvalue weighted by Gasteiger charge is 2.20. The lowest BCUT2D eigenvalue weighted by molar-refractivity contribution is 0.0712. The Bertz CT molecular complexity index is 404. The van der Waals surface area contributed by atoms with Gasteiger partial charge in [0.15, 0.2) is 0 Å². The molecule has 4 heteroatoms. The fourth-order valence-electron chi connectivity index (χ4n) is 1.76. The molecule has 1 aliphatic carbocycles. The number of benzene rings is 1. The number of hydrogen-bond acceptors (Lipinski definition) is 4. The van der Waals surface area contributed by atoms with E-state index in [9.17, 15) is 0 Å². The van der Waals surface area contributed by atoms with Crippen LogP contribution in [0.5, 0.6) is 11.5 Å². The number of hydrogen-bond donors (Lipinski definition) is 1. The summed E-state index contributed by atoms with van der Waals surface area (Å²) in [7, 11) is 3.36. The summed E-state index contributed by atoms with van der Waals surface area (Å²) >= 11 is 0. The molecule has 0 radical (unpaired) electrons. The molecule has 1 aliphatic rings. The summed E-state index contributed by atoms with van der Waals surface area (Å²) in [6.07, 6.45) is 2.65. The van der Waals surface area contributed by atoms with Crippen LogP contribution in [0.15, 0.2) is 18.2 Å². The number of ether oxygens (including phenoxy) is 3. The minimum Gasteiger partial charge on any atom is -0.497 e. The van der Waals surface area contributed by atoms with Crippen molar-refractivity contribution in [1.82, 2.24) is 5.32 Å². The topological polar surface area (TPSA) is 39.7 Å². The minimum absolute atomic E-state index is 0.0791. The SMILES string of the molecule is COc1ccc(CNC2CC2)c(OCC(C)OC)c1. The van der Waals surface area contributed by atoms with Crippen molar-refractivity contribution >= 4 is 0 Å².